The molecule has 0 atom stereocenters. The standard InChI is InChI=1S/C7H7O.3C6H5.Pb/c8-6-7-4-2-1-3-5-7;3*1-2-4-6-5-3-1;/h1-2,4-5,8H,6H2;3*1-5H;. The van der Waals surface area contributed by atoms with E-state index in [0.717, 1.165) is 5.56 Å². The third-order valence-electron chi connectivity index (χ3n) is 5.16. The molecule has 27 heavy (non-hydrogen) atoms. The van der Waals surface area contributed by atoms with Crippen LogP contribution in [0.1, 0.15) is 5.56 Å². The molecule has 1 nitrogen and oxygen atoms in total. The number of hydrogen-bond acceptors (Lipinski definition) is 1. The molecule has 2 heteroatoms. The summed E-state index contributed by atoms with van der Waals surface area (Å²) in [5, 5.41) is 9.76. The number of hydrogen-bond donors (Lipinski definition) is 1. The molecule has 0 spiro atoms. The Balaban J connectivity index is 2.12. The number of aliphatic hydroxyl groups is 1. The number of aliphatic hydroxyl groups excluding tert-OH is 1. The van der Waals surface area contributed by atoms with Crippen LogP contribution in [0.5, 0.6) is 0 Å². The fraction of sp³-hybridized carbons (Fsp3) is 0.0400. The summed E-state index contributed by atoms with van der Waals surface area (Å²) in [5.41, 5.74) is 0.972. The molecule has 0 bridgehead atoms. The van der Waals surface area contributed by atoms with Crippen molar-refractivity contribution in [2.75, 3.05) is 0 Å². The molecule has 0 radical (unpaired) electrons. The second-order valence-electron chi connectivity index (χ2n) is 6.71. The van der Waals surface area contributed by atoms with Crippen molar-refractivity contribution in [2.45, 2.75) is 6.61 Å². The van der Waals surface area contributed by atoms with Gasteiger partial charge in [0.15, 0.2) is 0 Å². The average Bonchev–Trinajstić information content (AvgIpc) is 2.77. The molecule has 0 aromatic heterocycles. The van der Waals surface area contributed by atoms with E-state index in [1.165, 1.54) is 12.5 Å². The minimum atomic E-state index is -3.66. The third-order valence-corrected chi connectivity index (χ3v) is 23.7. The maximum atomic E-state index is 9.76. The van der Waals surface area contributed by atoms with Gasteiger partial charge in [-0.3, -0.25) is 0 Å². The van der Waals surface area contributed by atoms with Gasteiger partial charge in [-0.25, -0.2) is 0 Å². The molecule has 132 valence electrons. The molecule has 0 amide bonds. The summed E-state index contributed by atoms with van der Waals surface area (Å²) in [6, 6.07) is 41.4. The van der Waals surface area contributed by atoms with Crippen LogP contribution in [0.15, 0.2) is 115 Å². The van der Waals surface area contributed by atoms with Crippen LogP contribution in [0, 0.1) is 0 Å². The molecule has 0 fully saturated rings. The maximum absolute atomic E-state index is 9.76. The summed E-state index contributed by atoms with van der Waals surface area (Å²) in [4.78, 5) is 0. The van der Waals surface area contributed by atoms with Crippen molar-refractivity contribution in [2.24, 2.45) is 0 Å². The fourth-order valence-corrected chi connectivity index (χ4v) is 22.7. The first-order valence-electron chi connectivity index (χ1n) is 9.22. The topological polar surface area (TPSA) is 20.2 Å². The molecule has 0 saturated carbocycles. The summed E-state index contributed by atoms with van der Waals surface area (Å²) in [5.74, 6) is 0. The summed E-state index contributed by atoms with van der Waals surface area (Å²) in [6.07, 6.45) is 0. The van der Waals surface area contributed by atoms with E-state index in [1.54, 1.807) is 0 Å². The summed E-state index contributed by atoms with van der Waals surface area (Å²) >= 11 is -3.66. The molecule has 4 rings (SSSR count). The van der Waals surface area contributed by atoms with Crippen molar-refractivity contribution in [3.05, 3.63) is 121 Å². The van der Waals surface area contributed by atoms with E-state index in [9.17, 15) is 5.11 Å². The van der Waals surface area contributed by atoms with Gasteiger partial charge in [-0.05, 0) is 0 Å². The van der Waals surface area contributed by atoms with Gasteiger partial charge in [0.2, 0.25) is 0 Å². The number of rotatable bonds is 5. The van der Waals surface area contributed by atoms with Gasteiger partial charge in [0.1, 0.15) is 0 Å². The molecule has 1 N–H and O–H groups in total. The predicted molar refractivity (Wildman–Crippen MR) is 116 cm³/mol. The first-order valence-corrected chi connectivity index (χ1v) is 17.0. The Labute approximate surface area is 165 Å². The Morgan fingerprint density at radius 1 is 0.481 bits per heavy atom. The van der Waals surface area contributed by atoms with E-state index in [2.05, 4.69) is 109 Å². The van der Waals surface area contributed by atoms with E-state index >= 15 is 0 Å². The van der Waals surface area contributed by atoms with E-state index in [1.807, 2.05) is 6.07 Å². The number of benzene rings is 4. The van der Waals surface area contributed by atoms with E-state index in [4.69, 9.17) is 0 Å². The molecular weight excluding hydrogens is 523 g/mol. The van der Waals surface area contributed by atoms with E-state index in [0.29, 0.717) is 0 Å². The zero-order chi connectivity index (χ0) is 18.5. The van der Waals surface area contributed by atoms with Crippen molar-refractivity contribution in [3.8, 4) is 0 Å². The van der Waals surface area contributed by atoms with Gasteiger partial charge in [0, 0.05) is 0 Å². The third kappa shape index (κ3) is 3.37. The van der Waals surface area contributed by atoms with Crippen molar-refractivity contribution in [3.63, 3.8) is 0 Å². The van der Waals surface area contributed by atoms with Gasteiger partial charge < -0.3 is 0 Å². The first-order chi connectivity index (χ1) is 13.4. The van der Waals surface area contributed by atoms with Gasteiger partial charge in [0.25, 0.3) is 0 Å². The molecular formula is C25H22OPb. The van der Waals surface area contributed by atoms with Crippen molar-refractivity contribution >= 4 is 33.7 Å². The molecule has 0 aliphatic rings. The molecule has 0 unspecified atom stereocenters. The van der Waals surface area contributed by atoms with Crippen LogP contribution in [-0.4, -0.2) is 26.3 Å². The van der Waals surface area contributed by atoms with Crippen LogP contribution in [0.3, 0.4) is 0 Å². The molecule has 0 heterocycles. The Morgan fingerprint density at radius 3 is 1.30 bits per heavy atom. The normalized spacial score (nSPS) is 11.3. The fourth-order valence-electron chi connectivity index (χ4n) is 3.97. The van der Waals surface area contributed by atoms with Crippen LogP contribution in [-0.2, 0) is 6.61 Å². The van der Waals surface area contributed by atoms with Crippen molar-refractivity contribution < 1.29 is 5.11 Å². The Bertz CT molecular complexity index is 901. The SMILES string of the molecule is OCc1ccc[c]([Pb]([c]2ccccc2)([c]2ccccc2)[c]2ccccc2)c1. The van der Waals surface area contributed by atoms with Crippen LogP contribution in [0.2, 0.25) is 0 Å². The van der Waals surface area contributed by atoms with E-state index < -0.39 is 21.2 Å². The quantitative estimate of drug-likeness (QED) is 0.383. The average molecular weight is 546 g/mol. The summed E-state index contributed by atoms with van der Waals surface area (Å²) < 4.78 is 5.66. The molecule has 4 aromatic carbocycles. The van der Waals surface area contributed by atoms with Gasteiger partial charge in [0.05, 0.1) is 0 Å². The molecule has 0 aliphatic carbocycles. The summed E-state index contributed by atoms with van der Waals surface area (Å²) in [7, 11) is 0. The zero-order valence-electron chi connectivity index (χ0n) is 15.1. The van der Waals surface area contributed by atoms with Crippen LogP contribution in [0.4, 0.5) is 0 Å². The van der Waals surface area contributed by atoms with Gasteiger partial charge in [-0.2, -0.15) is 0 Å². The minimum absolute atomic E-state index is 0.0656. The molecule has 0 aliphatic heterocycles. The first kappa shape index (κ1) is 18.1. The van der Waals surface area contributed by atoms with Gasteiger partial charge in [-0.1, -0.05) is 0 Å². The van der Waals surface area contributed by atoms with Crippen LogP contribution < -0.4 is 12.5 Å². The molecule has 0 saturated heterocycles. The summed E-state index contributed by atoms with van der Waals surface area (Å²) in [6.45, 7) is 0.0656. The Hall–Kier alpha value is -2.24. The van der Waals surface area contributed by atoms with Gasteiger partial charge in [-0.15, -0.1) is 0 Å². The van der Waals surface area contributed by atoms with Crippen LogP contribution in [0.25, 0.3) is 0 Å². The zero-order valence-corrected chi connectivity index (χ0v) is 19.0. The van der Waals surface area contributed by atoms with Crippen molar-refractivity contribution in [1.82, 2.24) is 0 Å². The Kier molecular flexibility index (Phi) is 5.51. The second-order valence-corrected chi connectivity index (χ2v) is 21.5. The predicted octanol–water partition coefficient (Wildman–Crippen LogP) is 2.56. The van der Waals surface area contributed by atoms with E-state index in [-0.39, 0.29) is 6.61 Å². The van der Waals surface area contributed by atoms with Crippen molar-refractivity contribution in [1.29, 1.82) is 0 Å². The Morgan fingerprint density at radius 2 is 0.889 bits per heavy atom. The second kappa shape index (κ2) is 8.19. The van der Waals surface area contributed by atoms with Gasteiger partial charge >= 0.3 is 166 Å². The van der Waals surface area contributed by atoms with Crippen LogP contribution >= 0.6 is 0 Å². The molecule has 4 aromatic rings. The monoisotopic (exact) mass is 546 g/mol.